The Kier molecular flexibility index (Phi) is 41.2. The standard InChI is InChI=1S/C58H107N3O14/c1-7-10-13-16-19-22-24-27-30-33-36-39-50(65)72-45(38-35-32-29-26-21-18-15-12-9-3)41-48(63)61-52-54(74-51(66)40-37-34-31-28-25-23-20-17-14-11-8-2)53(67)47(43-62)73-56(52)71-44-46(55(68)69)60-49(64)42-59-57(70)75-58(4,5)6/h45-47,52-54,56,62,67H,7-44H2,1-6H3,(H,59,70)(H,60,64)(H,61,63)(H,68,69)/t45-,46+,47-,52-,53-,54-,56-/m1/s1. The molecule has 0 bridgehead atoms. The van der Waals surface area contributed by atoms with Gasteiger partial charge in [0.05, 0.1) is 19.6 Å². The molecule has 1 rings (SSSR count). The summed E-state index contributed by atoms with van der Waals surface area (Å²) in [6.45, 7) is 9.45. The van der Waals surface area contributed by atoms with Crippen molar-refractivity contribution in [3.8, 4) is 0 Å². The number of carboxylic acid groups (broad SMARTS) is 1. The van der Waals surface area contributed by atoms with Crippen molar-refractivity contribution in [2.45, 2.75) is 315 Å². The van der Waals surface area contributed by atoms with E-state index < -0.39 is 98.0 Å². The first-order chi connectivity index (χ1) is 36.0. The van der Waals surface area contributed by atoms with Crippen molar-refractivity contribution in [3.05, 3.63) is 0 Å². The van der Waals surface area contributed by atoms with Gasteiger partial charge in [0.15, 0.2) is 18.4 Å². The number of aliphatic carboxylic acids is 1. The molecule has 1 fully saturated rings. The zero-order chi connectivity index (χ0) is 55.5. The maximum absolute atomic E-state index is 14.2. The minimum absolute atomic E-state index is 0.0252. The van der Waals surface area contributed by atoms with Crippen LogP contribution in [0.2, 0.25) is 0 Å². The van der Waals surface area contributed by atoms with Crippen LogP contribution in [-0.4, -0.2) is 119 Å². The van der Waals surface area contributed by atoms with Gasteiger partial charge in [0, 0.05) is 12.8 Å². The monoisotopic (exact) mass is 1070 g/mol. The number of hydrogen-bond acceptors (Lipinski definition) is 13. The molecule has 0 spiro atoms. The largest absolute Gasteiger partial charge is 0.480 e. The number of nitrogens with one attached hydrogen (secondary N) is 3. The van der Waals surface area contributed by atoms with Gasteiger partial charge in [-0.3, -0.25) is 19.2 Å². The summed E-state index contributed by atoms with van der Waals surface area (Å²) < 4.78 is 28.9. The van der Waals surface area contributed by atoms with Crippen LogP contribution in [0.5, 0.6) is 0 Å². The number of carboxylic acids is 1. The topological polar surface area (TPSA) is 245 Å². The van der Waals surface area contributed by atoms with E-state index in [0.29, 0.717) is 19.3 Å². The maximum Gasteiger partial charge on any atom is 0.408 e. The number of rotatable bonds is 47. The molecule has 0 aliphatic carbocycles. The average Bonchev–Trinajstić information content (AvgIpc) is 3.35. The number of esters is 2. The molecule has 0 radical (unpaired) electrons. The zero-order valence-corrected chi connectivity index (χ0v) is 47.7. The van der Waals surface area contributed by atoms with Gasteiger partial charge in [-0.25, -0.2) is 9.59 Å². The van der Waals surface area contributed by atoms with E-state index in [9.17, 15) is 44.1 Å². The number of aliphatic hydroxyl groups is 2. The second kappa shape index (κ2) is 44.4. The Morgan fingerprint density at radius 1 is 0.600 bits per heavy atom. The molecule has 1 aliphatic heterocycles. The molecule has 17 nitrogen and oxygen atoms in total. The van der Waals surface area contributed by atoms with Crippen molar-refractivity contribution in [1.29, 1.82) is 0 Å². The van der Waals surface area contributed by atoms with Gasteiger partial charge in [-0.05, 0) is 46.5 Å². The van der Waals surface area contributed by atoms with Crippen LogP contribution in [0.3, 0.4) is 0 Å². The van der Waals surface area contributed by atoms with E-state index in [-0.39, 0.29) is 25.2 Å². The molecule has 17 heteroatoms. The fourth-order valence-electron chi connectivity index (χ4n) is 9.24. The van der Waals surface area contributed by atoms with Crippen LogP contribution in [0.1, 0.15) is 266 Å². The predicted molar refractivity (Wildman–Crippen MR) is 292 cm³/mol. The molecular weight excluding hydrogens is 963 g/mol. The first kappa shape index (κ1) is 69.5. The maximum atomic E-state index is 14.2. The Morgan fingerprint density at radius 3 is 1.48 bits per heavy atom. The smallest absolute Gasteiger partial charge is 0.408 e. The van der Waals surface area contributed by atoms with Gasteiger partial charge in [-0.15, -0.1) is 0 Å². The summed E-state index contributed by atoms with van der Waals surface area (Å²) >= 11 is 0. The van der Waals surface area contributed by atoms with E-state index in [1.165, 1.54) is 109 Å². The van der Waals surface area contributed by atoms with Crippen LogP contribution < -0.4 is 16.0 Å². The van der Waals surface area contributed by atoms with Crippen molar-refractivity contribution < 1.29 is 67.8 Å². The third kappa shape index (κ3) is 37.0. The summed E-state index contributed by atoms with van der Waals surface area (Å²) in [7, 11) is 0. The summed E-state index contributed by atoms with van der Waals surface area (Å²) in [6, 6.07) is -3.13. The van der Waals surface area contributed by atoms with Gasteiger partial charge in [0.2, 0.25) is 11.8 Å². The third-order valence-electron chi connectivity index (χ3n) is 13.6. The number of amides is 3. The van der Waals surface area contributed by atoms with Crippen LogP contribution >= 0.6 is 0 Å². The highest BCUT2D eigenvalue weighted by Crippen LogP contribution is 2.27. The van der Waals surface area contributed by atoms with E-state index in [0.717, 1.165) is 77.0 Å². The molecule has 3 amide bonds. The molecule has 438 valence electrons. The molecule has 0 aromatic heterocycles. The van der Waals surface area contributed by atoms with Crippen molar-refractivity contribution >= 4 is 35.8 Å². The van der Waals surface area contributed by atoms with Gasteiger partial charge in [-0.2, -0.15) is 0 Å². The van der Waals surface area contributed by atoms with Gasteiger partial charge in [0.1, 0.15) is 36.5 Å². The lowest BCUT2D eigenvalue weighted by molar-refractivity contribution is -0.274. The van der Waals surface area contributed by atoms with E-state index >= 15 is 0 Å². The Labute approximate surface area is 452 Å². The molecule has 0 aromatic rings. The van der Waals surface area contributed by atoms with Gasteiger partial charge in [0.25, 0.3) is 0 Å². The van der Waals surface area contributed by atoms with Gasteiger partial charge in [-0.1, -0.05) is 201 Å². The summed E-state index contributed by atoms with van der Waals surface area (Å²) in [5, 5.41) is 39.2. The number of carbonyl (C=O) groups is 6. The molecular formula is C58H107N3O14. The number of alkyl carbamates (subject to hydrolysis) is 1. The lowest BCUT2D eigenvalue weighted by atomic mass is 9.96. The lowest BCUT2D eigenvalue weighted by Crippen LogP contribution is -2.66. The number of unbranched alkanes of at least 4 members (excludes halogenated alkanes) is 28. The second-order valence-corrected chi connectivity index (χ2v) is 21.9. The quantitative estimate of drug-likeness (QED) is 0.0189. The summed E-state index contributed by atoms with van der Waals surface area (Å²) in [6.07, 6.45) is 26.8. The SMILES string of the molecule is CCCCCCCCCCCCCC(=O)O[C@H](CCCCCCCCCCC)CC(=O)N[C@H]1[C@H](OC[C@H](NC(=O)CNC(=O)OC(C)(C)C)C(=O)O)O[C@H](CO)[C@@H](O)[C@@H]1OC(=O)CCCCCCCCCCCCC. The second-order valence-electron chi connectivity index (χ2n) is 21.9. The average molecular weight is 1070 g/mol. The fraction of sp³-hybridized carbons (Fsp3) is 0.897. The molecule has 0 aromatic carbocycles. The van der Waals surface area contributed by atoms with Crippen molar-refractivity contribution in [2.24, 2.45) is 0 Å². The van der Waals surface area contributed by atoms with Crippen LogP contribution in [0, 0.1) is 0 Å². The number of ether oxygens (including phenoxy) is 5. The van der Waals surface area contributed by atoms with E-state index in [1.807, 2.05) is 0 Å². The highest BCUT2D eigenvalue weighted by Gasteiger charge is 2.49. The van der Waals surface area contributed by atoms with Gasteiger partial charge >= 0.3 is 24.0 Å². The van der Waals surface area contributed by atoms with E-state index in [1.54, 1.807) is 20.8 Å². The molecule has 6 N–H and O–H groups in total. The minimum atomic E-state index is -1.69. The summed E-state index contributed by atoms with van der Waals surface area (Å²) in [4.78, 5) is 78.3. The van der Waals surface area contributed by atoms with Crippen LogP contribution in [-0.2, 0) is 47.7 Å². The highest BCUT2D eigenvalue weighted by molar-refractivity contribution is 5.86. The number of hydrogen-bond donors (Lipinski definition) is 6. The molecule has 7 atom stereocenters. The minimum Gasteiger partial charge on any atom is -0.480 e. The van der Waals surface area contributed by atoms with E-state index in [4.69, 9.17) is 23.7 Å². The fourth-order valence-corrected chi connectivity index (χ4v) is 9.24. The molecule has 0 unspecified atom stereocenters. The van der Waals surface area contributed by atoms with E-state index in [2.05, 4.69) is 36.7 Å². The zero-order valence-electron chi connectivity index (χ0n) is 47.7. The molecule has 75 heavy (non-hydrogen) atoms. The third-order valence-corrected chi connectivity index (χ3v) is 13.6. The Morgan fingerprint density at radius 2 is 1.04 bits per heavy atom. The van der Waals surface area contributed by atoms with Crippen molar-refractivity contribution in [3.63, 3.8) is 0 Å². The predicted octanol–water partition coefficient (Wildman–Crippen LogP) is 11.2. The first-order valence-corrected chi connectivity index (χ1v) is 29.8. The van der Waals surface area contributed by atoms with Gasteiger partial charge < -0.3 is 55.0 Å². The number of carbonyl (C=O) groups excluding carboxylic acids is 5. The van der Waals surface area contributed by atoms with Crippen LogP contribution in [0.15, 0.2) is 0 Å². The van der Waals surface area contributed by atoms with Crippen LogP contribution in [0.25, 0.3) is 0 Å². The highest BCUT2D eigenvalue weighted by atomic mass is 16.7. The lowest BCUT2D eigenvalue weighted by Gasteiger charge is -2.44. The Balaban J connectivity index is 3.21. The molecule has 0 saturated carbocycles. The molecule has 1 saturated heterocycles. The number of aliphatic hydroxyl groups excluding tert-OH is 2. The van der Waals surface area contributed by atoms with Crippen molar-refractivity contribution in [2.75, 3.05) is 19.8 Å². The summed E-state index contributed by atoms with van der Waals surface area (Å²) in [5.41, 5.74) is -0.840. The molecule has 1 aliphatic rings. The summed E-state index contributed by atoms with van der Waals surface area (Å²) in [5.74, 6) is -4.04. The Bertz CT molecular complexity index is 1510. The van der Waals surface area contributed by atoms with Crippen molar-refractivity contribution in [1.82, 2.24) is 16.0 Å². The Hall–Kier alpha value is -3.54. The normalized spacial score (nSPS) is 18.4. The molecule has 1 heterocycles. The first-order valence-electron chi connectivity index (χ1n) is 29.8. The van der Waals surface area contributed by atoms with Crippen LogP contribution in [0.4, 0.5) is 4.79 Å².